The van der Waals surface area contributed by atoms with Gasteiger partial charge in [0.1, 0.15) is 5.60 Å². The summed E-state index contributed by atoms with van der Waals surface area (Å²) < 4.78 is 5.97. The number of carbonyl (C=O) groups is 2. The molecule has 0 atom stereocenters. The Balaban J connectivity index is 1.63. The van der Waals surface area contributed by atoms with Gasteiger partial charge in [0, 0.05) is 30.4 Å². The second-order valence-electron chi connectivity index (χ2n) is 11.8. The van der Waals surface area contributed by atoms with Gasteiger partial charge in [0.05, 0.1) is 17.1 Å². The van der Waals surface area contributed by atoms with Crippen LogP contribution in [0.25, 0.3) is 11.1 Å². The van der Waals surface area contributed by atoms with Gasteiger partial charge in [-0.05, 0) is 85.4 Å². The lowest BCUT2D eigenvalue weighted by Gasteiger charge is -2.36. The van der Waals surface area contributed by atoms with Crippen molar-refractivity contribution in [1.29, 1.82) is 0 Å². The predicted molar refractivity (Wildman–Crippen MR) is 159 cm³/mol. The van der Waals surface area contributed by atoms with Crippen LogP contribution in [0.1, 0.15) is 116 Å². The van der Waals surface area contributed by atoms with E-state index < -0.39 is 17.0 Å². The monoisotopic (exact) mass is 562 g/mol. The van der Waals surface area contributed by atoms with E-state index in [1.807, 2.05) is 38.1 Å². The van der Waals surface area contributed by atoms with Crippen molar-refractivity contribution in [2.24, 2.45) is 11.1 Å². The highest BCUT2D eigenvalue weighted by Crippen LogP contribution is 2.53. The van der Waals surface area contributed by atoms with Crippen molar-refractivity contribution >= 4 is 23.3 Å². The van der Waals surface area contributed by atoms with Crippen molar-refractivity contribution in [3.63, 3.8) is 0 Å². The Kier molecular flexibility index (Phi) is 9.30. The van der Waals surface area contributed by atoms with Crippen LogP contribution in [0.4, 0.5) is 5.69 Å². The minimum absolute atomic E-state index is 0.0754. The van der Waals surface area contributed by atoms with Gasteiger partial charge in [0.2, 0.25) is 0 Å². The normalized spacial score (nSPS) is 16.6. The fourth-order valence-corrected chi connectivity index (χ4v) is 6.65. The maximum Gasteiger partial charge on any atom is 0.334 e. The molecular formula is C33H42N2O6. The molecule has 8 heteroatoms. The highest BCUT2D eigenvalue weighted by atomic mass is 16.7. The average molecular weight is 563 g/mol. The molecule has 8 nitrogen and oxygen atoms in total. The molecule has 2 aromatic rings. The number of hydrogen-bond acceptors (Lipinski definition) is 7. The first kappa shape index (κ1) is 30.4. The SMILES string of the molecule is CCC(=O)O/N=C(\CCC(=O)OC(C)(C)C1CCCCC1)c1ccc2c(c1)C(CC)(CC)c1cc([N+](=O)[O-])ccc1-2. The second-order valence-corrected chi connectivity index (χ2v) is 11.8. The highest BCUT2D eigenvalue weighted by Gasteiger charge is 2.42. The minimum Gasteiger partial charge on any atom is -0.459 e. The molecule has 220 valence electrons. The molecule has 0 aliphatic heterocycles. The molecule has 0 spiro atoms. The molecule has 0 unspecified atom stereocenters. The quantitative estimate of drug-likeness (QED) is 0.0902. The summed E-state index contributed by atoms with van der Waals surface area (Å²) >= 11 is 0. The predicted octanol–water partition coefficient (Wildman–Crippen LogP) is 8.02. The lowest BCUT2D eigenvalue weighted by atomic mass is 9.73. The van der Waals surface area contributed by atoms with Crippen molar-refractivity contribution in [2.45, 2.75) is 110 Å². The van der Waals surface area contributed by atoms with Crippen LogP contribution < -0.4 is 0 Å². The van der Waals surface area contributed by atoms with E-state index in [-0.39, 0.29) is 35.8 Å². The molecular weight excluding hydrogens is 520 g/mol. The third kappa shape index (κ3) is 6.21. The third-order valence-electron chi connectivity index (χ3n) is 9.17. The number of non-ortho nitro benzene ring substituents is 1. The van der Waals surface area contributed by atoms with Crippen LogP contribution >= 0.6 is 0 Å². The molecule has 0 heterocycles. The molecule has 41 heavy (non-hydrogen) atoms. The Morgan fingerprint density at radius 2 is 1.59 bits per heavy atom. The van der Waals surface area contributed by atoms with Gasteiger partial charge >= 0.3 is 11.9 Å². The van der Waals surface area contributed by atoms with Gasteiger partial charge < -0.3 is 9.57 Å². The van der Waals surface area contributed by atoms with Crippen molar-refractivity contribution in [3.05, 3.63) is 63.2 Å². The Morgan fingerprint density at radius 1 is 0.951 bits per heavy atom. The van der Waals surface area contributed by atoms with Gasteiger partial charge in [-0.1, -0.05) is 57.3 Å². The Morgan fingerprint density at radius 3 is 2.20 bits per heavy atom. The molecule has 0 aromatic heterocycles. The van der Waals surface area contributed by atoms with Crippen molar-refractivity contribution in [1.82, 2.24) is 0 Å². The zero-order valence-corrected chi connectivity index (χ0v) is 25.0. The molecule has 2 aliphatic rings. The van der Waals surface area contributed by atoms with Gasteiger partial charge in [-0.2, -0.15) is 0 Å². The number of oxime groups is 1. The number of carbonyl (C=O) groups excluding carboxylic acids is 2. The van der Waals surface area contributed by atoms with Gasteiger partial charge in [0.15, 0.2) is 0 Å². The van der Waals surface area contributed by atoms with Crippen LogP contribution in [-0.2, 0) is 24.6 Å². The summed E-state index contributed by atoms with van der Waals surface area (Å²) in [7, 11) is 0. The van der Waals surface area contributed by atoms with Crippen LogP contribution in [0.15, 0.2) is 41.6 Å². The first-order valence-corrected chi connectivity index (χ1v) is 15.0. The lowest BCUT2D eigenvalue weighted by Crippen LogP contribution is -2.38. The van der Waals surface area contributed by atoms with Gasteiger partial charge in [-0.15, -0.1) is 0 Å². The van der Waals surface area contributed by atoms with Crippen LogP contribution in [-0.4, -0.2) is 28.2 Å². The number of benzene rings is 2. The van der Waals surface area contributed by atoms with E-state index in [0.29, 0.717) is 11.6 Å². The Hall–Kier alpha value is -3.55. The van der Waals surface area contributed by atoms with Gasteiger partial charge in [0.25, 0.3) is 5.69 Å². The van der Waals surface area contributed by atoms with Crippen LogP contribution in [0, 0.1) is 16.0 Å². The number of fused-ring (bicyclic) bond motifs is 3. The maximum atomic E-state index is 13.0. The van der Waals surface area contributed by atoms with E-state index in [0.717, 1.165) is 66.3 Å². The van der Waals surface area contributed by atoms with Crippen molar-refractivity contribution in [2.75, 3.05) is 0 Å². The summed E-state index contributed by atoms with van der Waals surface area (Å²) in [4.78, 5) is 41.4. The summed E-state index contributed by atoms with van der Waals surface area (Å²) in [5, 5.41) is 15.8. The van der Waals surface area contributed by atoms with Gasteiger partial charge in [-0.3, -0.25) is 14.9 Å². The highest BCUT2D eigenvalue weighted by molar-refractivity contribution is 6.03. The van der Waals surface area contributed by atoms with E-state index >= 15 is 0 Å². The molecule has 0 saturated heterocycles. The summed E-state index contributed by atoms with van der Waals surface area (Å²) in [5.41, 5.74) is 4.41. The van der Waals surface area contributed by atoms with E-state index in [1.54, 1.807) is 19.1 Å². The molecule has 0 amide bonds. The first-order chi connectivity index (χ1) is 19.6. The van der Waals surface area contributed by atoms with Crippen molar-refractivity contribution in [3.8, 4) is 11.1 Å². The zero-order valence-electron chi connectivity index (χ0n) is 25.0. The minimum atomic E-state index is -0.534. The molecule has 0 bridgehead atoms. The molecule has 0 radical (unpaired) electrons. The molecule has 2 aliphatic carbocycles. The summed E-state index contributed by atoms with van der Waals surface area (Å²) in [6.07, 6.45) is 7.75. The standard InChI is InChI=1S/C33H42N2O6/c1-6-30(36)41-34-29(18-19-31(37)40-32(4,5)23-12-10-9-11-13-23)22-14-16-25-26-17-15-24(35(38)39)21-28(26)33(7-2,8-3)27(25)20-22/h14-17,20-21,23H,6-13,18-19H2,1-5H3/b34-29+. The molecule has 1 fully saturated rings. The molecule has 2 aromatic carbocycles. The second kappa shape index (κ2) is 12.5. The van der Waals surface area contributed by atoms with Crippen molar-refractivity contribution < 1.29 is 24.1 Å². The number of nitrogens with zero attached hydrogens (tertiary/aromatic N) is 2. The van der Waals surface area contributed by atoms with Gasteiger partial charge in [-0.25, -0.2) is 4.79 Å². The first-order valence-electron chi connectivity index (χ1n) is 15.0. The van der Waals surface area contributed by atoms with Crippen LogP contribution in [0.5, 0.6) is 0 Å². The fourth-order valence-electron chi connectivity index (χ4n) is 6.65. The fraction of sp³-hybridized carbons (Fsp3) is 0.545. The van der Waals surface area contributed by atoms with E-state index in [1.165, 1.54) is 6.42 Å². The number of hydrogen-bond donors (Lipinski definition) is 0. The maximum absolute atomic E-state index is 13.0. The number of nitro benzene ring substituents is 1. The van der Waals surface area contributed by atoms with Crippen LogP contribution in [0.3, 0.4) is 0 Å². The summed E-state index contributed by atoms with van der Waals surface area (Å²) in [6.45, 7) is 9.88. The van der Waals surface area contributed by atoms with E-state index in [2.05, 4.69) is 19.0 Å². The lowest BCUT2D eigenvalue weighted by molar-refractivity contribution is -0.384. The summed E-state index contributed by atoms with van der Waals surface area (Å²) in [5.74, 6) is -0.405. The number of ether oxygens (including phenoxy) is 1. The average Bonchev–Trinajstić information content (AvgIpc) is 3.25. The smallest absolute Gasteiger partial charge is 0.334 e. The van der Waals surface area contributed by atoms with E-state index in [4.69, 9.17) is 9.57 Å². The number of esters is 1. The Bertz CT molecular complexity index is 1340. The number of rotatable bonds is 11. The summed E-state index contributed by atoms with van der Waals surface area (Å²) in [6, 6.07) is 11.1. The molecule has 4 rings (SSSR count). The topological polar surface area (TPSA) is 108 Å². The Labute approximate surface area is 242 Å². The largest absolute Gasteiger partial charge is 0.459 e. The van der Waals surface area contributed by atoms with E-state index in [9.17, 15) is 19.7 Å². The zero-order chi connectivity index (χ0) is 29.8. The molecule has 0 N–H and O–H groups in total. The number of nitro groups is 1. The third-order valence-corrected chi connectivity index (χ3v) is 9.17. The molecule has 1 saturated carbocycles. The van der Waals surface area contributed by atoms with Crippen LogP contribution in [0.2, 0.25) is 0 Å².